The van der Waals surface area contributed by atoms with Gasteiger partial charge in [-0.15, -0.1) is 10.2 Å². The molecule has 2 heterocycles. The third-order valence-electron chi connectivity index (χ3n) is 3.89. The second-order valence-corrected chi connectivity index (χ2v) is 5.53. The Hall–Kier alpha value is -2.28. The number of aromatic nitrogens is 4. The lowest BCUT2D eigenvalue weighted by molar-refractivity contribution is -0.133. The van der Waals surface area contributed by atoms with Crippen LogP contribution in [0.1, 0.15) is 12.0 Å². The third-order valence-corrected chi connectivity index (χ3v) is 3.89. The summed E-state index contributed by atoms with van der Waals surface area (Å²) in [5.74, 6) is 0.489. The predicted molar refractivity (Wildman–Crippen MR) is 80.0 cm³/mol. The van der Waals surface area contributed by atoms with Gasteiger partial charge in [0.25, 0.3) is 0 Å². The predicted octanol–water partition coefficient (Wildman–Crippen LogP) is 0.896. The van der Waals surface area contributed by atoms with Crippen molar-refractivity contribution in [3.8, 4) is 11.4 Å². The van der Waals surface area contributed by atoms with E-state index in [1.807, 2.05) is 31.2 Å². The fourth-order valence-corrected chi connectivity index (χ4v) is 2.39. The molecule has 1 amide bonds. The van der Waals surface area contributed by atoms with E-state index in [-0.39, 0.29) is 18.5 Å². The first-order valence-electron chi connectivity index (χ1n) is 7.32. The van der Waals surface area contributed by atoms with E-state index in [2.05, 4.69) is 15.4 Å². The van der Waals surface area contributed by atoms with E-state index in [9.17, 15) is 4.79 Å². The average Bonchev–Trinajstić information content (AvgIpc) is 3.18. The summed E-state index contributed by atoms with van der Waals surface area (Å²) in [5.41, 5.74) is 2.06. The summed E-state index contributed by atoms with van der Waals surface area (Å²) in [7, 11) is 1.79. The molecule has 0 radical (unpaired) electrons. The van der Waals surface area contributed by atoms with E-state index < -0.39 is 0 Å². The Kier molecular flexibility index (Phi) is 4.15. The van der Waals surface area contributed by atoms with Crippen LogP contribution in [0.25, 0.3) is 11.4 Å². The largest absolute Gasteiger partial charge is 0.379 e. The molecule has 1 unspecified atom stereocenters. The maximum atomic E-state index is 12.2. The van der Waals surface area contributed by atoms with Crippen molar-refractivity contribution >= 4 is 5.91 Å². The van der Waals surface area contributed by atoms with E-state index >= 15 is 0 Å². The lowest BCUT2D eigenvalue weighted by Gasteiger charge is -2.22. The second kappa shape index (κ2) is 6.23. The van der Waals surface area contributed by atoms with E-state index in [4.69, 9.17) is 4.74 Å². The maximum Gasteiger partial charge on any atom is 0.246 e. The van der Waals surface area contributed by atoms with Crippen LogP contribution < -0.4 is 0 Å². The fourth-order valence-electron chi connectivity index (χ4n) is 2.39. The zero-order valence-corrected chi connectivity index (χ0v) is 12.8. The van der Waals surface area contributed by atoms with Gasteiger partial charge in [-0.3, -0.25) is 4.79 Å². The molecule has 7 heteroatoms. The minimum atomic E-state index is -0.0386. The first-order valence-corrected chi connectivity index (χ1v) is 7.32. The highest BCUT2D eigenvalue weighted by Crippen LogP contribution is 2.14. The summed E-state index contributed by atoms with van der Waals surface area (Å²) in [6, 6.07) is 8.03. The summed E-state index contributed by atoms with van der Waals surface area (Å²) in [6.45, 7) is 3.42. The highest BCUT2D eigenvalue weighted by atomic mass is 16.5. The van der Waals surface area contributed by atoms with Gasteiger partial charge in [-0.25, -0.2) is 0 Å². The van der Waals surface area contributed by atoms with Crippen molar-refractivity contribution in [2.45, 2.75) is 25.9 Å². The minimum absolute atomic E-state index is 0.0386. The highest BCUT2D eigenvalue weighted by molar-refractivity contribution is 5.75. The zero-order valence-electron chi connectivity index (χ0n) is 12.8. The molecular formula is C15H19N5O2. The molecule has 0 aliphatic carbocycles. The van der Waals surface area contributed by atoms with Crippen molar-refractivity contribution < 1.29 is 9.53 Å². The molecule has 1 aliphatic rings. The van der Waals surface area contributed by atoms with E-state index in [1.165, 1.54) is 10.4 Å². The first-order chi connectivity index (χ1) is 10.6. The SMILES string of the molecule is Cc1ccc(-c2nnn(CC(=O)N(C)C3CCOC3)n2)cc1. The van der Waals surface area contributed by atoms with Gasteiger partial charge < -0.3 is 9.64 Å². The normalized spacial score (nSPS) is 17.6. The topological polar surface area (TPSA) is 73.1 Å². The van der Waals surface area contributed by atoms with Crippen molar-refractivity contribution in [3.05, 3.63) is 29.8 Å². The maximum absolute atomic E-state index is 12.2. The standard InChI is InChI=1S/C15H19N5O2/c1-11-3-5-12(6-4-11)15-16-18-20(17-15)9-14(21)19(2)13-7-8-22-10-13/h3-6,13H,7-10H2,1-2H3. The number of carbonyl (C=O) groups excluding carboxylic acids is 1. The monoisotopic (exact) mass is 301 g/mol. The summed E-state index contributed by atoms with van der Waals surface area (Å²) in [6.07, 6.45) is 0.877. The average molecular weight is 301 g/mol. The number of tetrazole rings is 1. The number of nitrogens with zero attached hydrogens (tertiary/aromatic N) is 5. The number of aryl methyl sites for hydroxylation is 1. The van der Waals surface area contributed by atoms with Crippen molar-refractivity contribution in [2.75, 3.05) is 20.3 Å². The van der Waals surface area contributed by atoms with Crippen molar-refractivity contribution in [1.29, 1.82) is 0 Å². The molecule has 1 aromatic carbocycles. The van der Waals surface area contributed by atoms with Gasteiger partial charge in [-0.1, -0.05) is 29.8 Å². The number of amides is 1. The van der Waals surface area contributed by atoms with Crippen LogP contribution in [0.4, 0.5) is 0 Å². The number of rotatable bonds is 4. The zero-order chi connectivity index (χ0) is 15.5. The van der Waals surface area contributed by atoms with Crippen molar-refractivity contribution in [3.63, 3.8) is 0 Å². The Morgan fingerprint density at radius 1 is 1.41 bits per heavy atom. The summed E-state index contributed by atoms with van der Waals surface area (Å²) >= 11 is 0. The van der Waals surface area contributed by atoms with E-state index in [0.29, 0.717) is 19.0 Å². The molecule has 1 atom stereocenters. The number of hydrogen-bond acceptors (Lipinski definition) is 5. The summed E-state index contributed by atoms with van der Waals surface area (Å²) in [5, 5.41) is 12.2. The molecule has 0 saturated carbocycles. The number of likely N-dealkylation sites (N-methyl/N-ethyl adjacent to an activating group) is 1. The van der Waals surface area contributed by atoms with Crippen LogP contribution in [-0.2, 0) is 16.1 Å². The lowest BCUT2D eigenvalue weighted by Crippen LogP contribution is -2.39. The Morgan fingerprint density at radius 2 is 2.18 bits per heavy atom. The number of ether oxygens (including phenoxy) is 1. The van der Waals surface area contributed by atoms with E-state index in [1.54, 1.807) is 11.9 Å². The first kappa shape index (κ1) is 14.6. The molecular weight excluding hydrogens is 282 g/mol. The Balaban J connectivity index is 1.66. The lowest BCUT2D eigenvalue weighted by atomic mass is 10.1. The Labute approximate surface area is 128 Å². The molecule has 0 bridgehead atoms. The van der Waals surface area contributed by atoms with Gasteiger partial charge in [0.15, 0.2) is 0 Å². The molecule has 3 rings (SSSR count). The number of benzene rings is 1. The number of hydrogen-bond donors (Lipinski definition) is 0. The third kappa shape index (κ3) is 3.14. The summed E-state index contributed by atoms with van der Waals surface area (Å²) in [4.78, 5) is 15.3. The minimum Gasteiger partial charge on any atom is -0.379 e. The van der Waals surface area contributed by atoms with E-state index in [0.717, 1.165) is 12.0 Å². The van der Waals surface area contributed by atoms with Gasteiger partial charge >= 0.3 is 0 Å². The van der Waals surface area contributed by atoms with Crippen LogP contribution in [-0.4, -0.2) is 57.3 Å². The van der Waals surface area contributed by atoms with Crippen LogP contribution in [0.2, 0.25) is 0 Å². The van der Waals surface area contributed by atoms with Crippen molar-refractivity contribution in [2.24, 2.45) is 0 Å². The van der Waals surface area contributed by atoms with Gasteiger partial charge in [-0.05, 0) is 18.6 Å². The number of carbonyl (C=O) groups is 1. The van der Waals surface area contributed by atoms with Crippen LogP contribution in [0.5, 0.6) is 0 Å². The molecule has 1 aliphatic heterocycles. The molecule has 0 spiro atoms. The molecule has 7 nitrogen and oxygen atoms in total. The Morgan fingerprint density at radius 3 is 2.86 bits per heavy atom. The van der Waals surface area contributed by atoms with Gasteiger partial charge in [-0.2, -0.15) is 4.80 Å². The highest BCUT2D eigenvalue weighted by Gasteiger charge is 2.24. The molecule has 1 aromatic heterocycles. The van der Waals surface area contributed by atoms with Gasteiger partial charge in [0, 0.05) is 19.2 Å². The fraction of sp³-hybridized carbons (Fsp3) is 0.467. The quantitative estimate of drug-likeness (QED) is 0.839. The molecule has 0 N–H and O–H groups in total. The molecule has 2 aromatic rings. The van der Waals surface area contributed by atoms with Gasteiger partial charge in [0.05, 0.1) is 12.6 Å². The van der Waals surface area contributed by atoms with Crippen LogP contribution in [0.3, 0.4) is 0 Å². The van der Waals surface area contributed by atoms with Gasteiger partial charge in [0.1, 0.15) is 6.54 Å². The van der Waals surface area contributed by atoms with Crippen LogP contribution in [0, 0.1) is 6.92 Å². The molecule has 1 saturated heterocycles. The molecule has 22 heavy (non-hydrogen) atoms. The van der Waals surface area contributed by atoms with Gasteiger partial charge in [0.2, 0.25) is 11.7 Å². The van der Waals surface area contributed by atoms with Crippen LogP contribution in [0.15, 0.2) is 24.3 Å². The Bertz CT molecular complexity index is 646. The molecule has 116 valence electrons. The smallest absolute Gasteiger partial charge is 0.246 e. The molecule has 1 fully saturated rings. The second-order valence-electron chi connectivity index (χ2n) is 5.53. The summed E-state index contributed by atoms with van der Waals surface area (Å²) < 4.78 is 5.31. The van der Waals surface area contributed by atoms with Crippen LogP contribution >= 0.6 is 0 Å². The van der Waals surface area contributed by atoms with Crippen molar-refractivity contribution in [1.82, 2.24) is 25.1 Å².